The quantitative estimate of drug-likeness (QED) is 0.454. The van der Waals surface area contributed by atoms with E-state index >= 15 is 0 Å². The molecule has 0 radical (unpaired) electrons. The van der Waals surface area contributed by atoms with E-state index in [0.717, 1.165) is 48.6 Å². The number of aromatic hydroxyl groups is 1. The van der Waals surface area contributed by atoms with Gasteiger partial charge in [-0.3, -0.25) is 14.7 Å². The summed E-state index contributed by atoms with van der Waals surface area (Å²) in [6, 6.07) is 12.0. The predicted octanol–water partition coefficient (Wildman–Crippen LogP) is 4.09. The van der Waals surface area contributed by atoms with Gasteiger partial charge in [0.15, 0.2) is 0 Å². The molecule has 2 heterocycles. The standard InChI is InChI=1S/C27H29F3N4O4/c1-37-24-12-19(20-11-22(35)15-31-14-20)13-25(38-2)23(24)16-33-7-9-34(10-8-33)21-5-3-18(4-6-21)26(36)32-17-27(28,29)30/h3-6,11-15,35H,7-10,16-17H2,1-2H3,(H,32,36). The molecule has 1 aliphatic heterocycles. The van der Waals surface area contributed by atoms with Crippen molar-refractivity contribution in [3.05, 3.63) is 66.0 Å². The van der Waals surface area contributed by atoms with Crippen LogP contribution in [0.1, 0.15) is 15.9 Å². The van der Waals surface area contributed by atoms with Gasteiger partial charge < -0.3 is 24.8 Å². The first-order chi connectivity index (χ1) is 18.2. The van der Waals surface area contributed by atoms with E-state index in [0.29, 0.717) is 18.0 Å². The van der Waals surface area contributed by atoms with Gasteiger partial charge in [-0.25, -0.2) is 0 Å². The molecule has 11 heteroatoms. The highest BCUT2D eigenvalue weighted by Gasteiger charge is 2.28. The third-order valence-electron chi connectivity index (χ3n) is 6.36. The Balaban J connectivity index is 1.39. The molecular weight excluding hydrogens is 501 g/mol. The van der Waals surface area contributed by atoms with Gasteiger partial charge in [-0.15, -0.1) is 0 Å². The number of halogens is 3. The SMILES string of the molecule is COc1cc(-c2cncc(O)c2)cc(OC)c1CN1CCN(c2ccc(C(=O)NCC(F)(F)F)cc2)CC1. The molecule has 4 rings (SSSR count). The first-order valence-electron chi connectivity index (χ1n) is 12.0. The Bertz CT molecular complexity index is 1230. The molecule has 0 unspecified atom stereocenters. The van der Waals surface area contributed by atoms with Crippen LogP contribution in [-0.4, -0.2) is 74.0 Å². The van der Waals surface area contributed by atoms with E-state index in [1.807, 2.05) is 17.4 Å². The topological polar surface area (TPSA) is 87.2 Å². The van der Waals surface area contributed by atoms with Crippen molar-refractivity contribution >= 4 is 11.6 Å². The minimum atomic E-state index is -4.45. The molecule has 1 saturated heterocycles. The third kappa shape index (κ3) is 6.65. The van der Waals surface area contributed by atoms with Gasteiger partial charge in [0.25, 0.3) is 5.91 Å². The molecule has 8 nitrogen and oxygen atoms in total. The third-order valence-corrected chi connectivity index (χ3v) is 6.36. The van der Waals surface area contributed by atoms with Crippen LogP contribution in [0.15, 0.2) is 54.9 Å². The van der Waals surface area contributed by atoms with E-state index in [-0.39, 0.29) is 11.3 Å². The molecule has 202 valence electrons. The molecule has 2 N–H and O–H groups in total. The zero-order valence-electron chi connectivity index (χ0n) is 21.1. The first kappa shape index (κ1) is 27.1. The molecule has 1 fully saturated rings. The van der Waals surface area contributed by atoms with Gasteiger partial charge in [0, 0.05) is 55.7 Å². The van der Waals surface area contributed by atoms with Crippen LogP contribution in [0.2, 0.25) is 0 Å². The Labute approximate surface area is 218 Å². The number of carbonyl (C=O) groups excluding carboxylic acids is 1. The lowest BCUT2D eigenvalue weighted by Crippen LogP contribution is -2.46. The lowest BCUT2D eigenvalue weighted by Gasteiger charge is -2.36. The van der Waals surface area contributed by atoms with Crippen LogP contribution in [-0.2, 0) is 6.54 Å². The summed E-state index contributed by atoms with van der Waals surface area (Å²) in [5.41, 5.74) is 3.54. The fraction of sp³-hybridized carbons (Fsp3) is 0.333. The Kier molecular flexibility index (Phi) is 8.26. The normalized spacial score (nSPS) is 14.3. The van der Waals surface area contributed by atoms with Crippen LogP contribution in [0.4, 0.5) is 18.9 Å². The van der Waals surface area contributed by atoms with Crippen molar-refractivity contribution in [3.63, 3.8) is 0 Å². The number of aromatic nitrogens is 1. The zero-order valence-corrected chi connectivity index (χ0v) is 21.1. The predicted molar refractivity (Wildman–Crippen MR) is 137 cm³/mol. The summed E-state index contributed by atoms with van der Waals surface area (Å²) < 4.78 is 48.4. The summed E-state index contributed by atoms with van der Waals surface area (Å²) in [6.45, 7) is 2.24. The van der Waals surface area contributed by atoms with E-state index in [2.05, 4.69) is 14.8 Å². The lowest BCUT2D eigenvalue weighted by atomic mass is 10.0. The molecule has 1 amide bonds. The van der Waals surface area contributed by atoms with Crippen LogP contribution in [0.5, 0.6) is 17.2 Å². The number of carbonyl (C=O) groups is 1. The van der Waals surface area contributed by atoms with Crippen LogP contribution < -0.4 is 19.7 Å². The number of hydrogen-bond acceptors (Lipinski definition) is 7. The minimum absolute atomic E-state index is 0.0711. The van der Waals surface area contributed by atoms with Crippen molar-refractivity contribution in [1.29, 1.82) is 0 Å². The summed E-state index contributed by atoms with van der Waals surface area (Å²) in [4.78, 5) is 20.4. The van der Waals surface area contributed by atoms with Crippen LogP contribution in [0.25, 0.3) is 11.1 Å². The van der Waals surface area contributed by atoms with E-state index in [1.54, 1.807) is 38.6 Å². The molecule has 1 aromatic heterocycles. The van der Waals surface area contributed by atoms with E-state index < -0.39 is 18.6 Å². The fourth-order valence-electron chi connectivity index (χ4n) is 4.39. The Hall–Kier alpha value is -3.99. The van der Waals surface area contributed by atoms with Gasteiger partial charge in [-0.1, -0.05) is 0 Å². The maximum atomic E-state index is 12.3. The monoisotopic (exact) mass is 530 g/mol. The van der Waals surface area contributed by atoms with Gasteiger partial charge in [-0.2, -0.15) is 13.2 Å². The van der Waals surface area contributed by atoms with Crippen molar-refractivity contribution in [2.75, 3.05) is 51.8 Å². The number of nitrogens with one attached hydrogen (secondary N) is 1. The van der Waals surface area contributed by atoms with Gasteiger partial charge in [0.05, 0.1) is 26.0 Å². The van der Waals surface area contributed by atoms with Crippen LogP contribution >= 0.6 is 0 Å². The number of rotatable bonds is 8. The van der Waals surface area contributed by atoms with E-state index in [9.17, 15) is 23.1 Å². The highest BCUT2D eigenvalue weighted by Crippen LogP contribution is 2.36. The number of methoxy groups -OCH3 is 2. The summed E-state index contributed by atoms with van der Waals surface area (Å²) in [6.07, 6.45) is -1.42. The van der Waals surface area contributed by atoms with Crippen molar-refractivity contribution in [1.82, 2.24) is 15.2 Å². The number of alkyl halides is 3. The van der Waals surface area contributed by atoms with Crippen molar-refractivity contribution < 1.29 is 32.5 Å². The summed E-state index contributed by atoms with van der Waals surface area (Å²) >= 11 is 0. The van der Waals surface area contributed by atoms with Gasteiger partial charge in [-0.05, 0) is 48.0 Å². The number of benzene rings is 2. The largest absolute Gasteiger partial charge is 0.506 e. The van der Waals surface area contributed by atoms with Crippen molar-refractivity contribution in [2.45, 2.75) is 12.7 Å². The number of piperazine rings is 1. The van der Waals surface area contributed by atoms with Crippen LogP contribution in [0, 0.1) is 0 Å². The summed E-state index contributed by atoms with van der Waals surface area (Å²) in [5.74, 6) is 0.656. The molecule has 1 aliphatic rings. The minimum Gasteiger partial charge on any atom is -0.506 e. The highest BCUT2D eigenvalue weighted by atomic mass is 19.4. The number of pyridine rings is 1. The summed E-state index contributed by atoms with van der Waals surface area (Å²) in [5, 5.41) is 11.7. The Morgan fingerprint density at radius 2 is 1.61 bits per heavy atom. The smallest absolute Gasteiger partial charge is 0.405 e. The van der Waals surface area contributed by atoms with Gasteiger partial charge in [0.2, 0.25) is 0 Å². The number of amides is 1. The van der Waals surface area contributed by atoms with Crippen molar-refractivity contribution in [3.8, 4) is 28.4 Å². The first-order valence-corrected chi connectivity index (χ1v) is 12.0. The van der Waals surface area contributed by atoms with E-state index in [4.69, 9.17) is 9.47 Å². The molecule has 0 atom stereocenters. The lowest BCUT2D eigenvalue weighted by molar-refractivity contribution is -0.123. The van der Waals surface area contributed by atoms with Crippen molar-refractivity contribution in [2.24, 2.45) is 0 Å². The molecule has 0 aliphatic carbocycles. The fourth-order valence-corrected chi connectivity index (χ4v) is 4.39. The maximum Gasteiger partial charge on any atom is 0.405 e. The molecule has 38 heavy (non-hydrogen) atoms. The number of nitrogens with zero attached hydrogens (tertiary/aromatic N) is 3. The van der Waals surface area contributed by atoms with E-state index in [1.165, 1.54) is 18.3 Å². The average Bonchev–Trinajstić information content (AvgIpc) is 2.92. The second kappa shape index (κ2) is 11.6. The Morgan fingerprint density at radius 3 is 2.16 bits per heavy atom. The molecule has 0 spiro atoms. The number of ether oxygens (including phenoxy) is 2. The molecule has 0 saturated carbocycles. The molecule has 2 aromatic carbocycles. The van der Waals surface area contributed by atoms with Gasteiger partial charge in [0.1, 0.15) is 23.8 Å². The second-order valence-electron chi connectivity index (χ2n) is 8.90. The molecular formula is C27H29F3N4O4. The maximum absolute atomic E-state index is 12.3. The second-order valence-corrected chi connectivity index (χ2v) is 8.90. The van der Waals surface area contributed by atoms with Crippen LogP contribution in [0.3, 0.4) is 0 Å². The molecule has 3 aromatic rings. The summed E-state index contributed by atoms with van der Waals surface area (Å²) in [7, 11) is 3.21. The highest BCUT2D eigenvalue weighted by molar-refractivity contribution is 5.94. The Morgan fingerprint density at radius 1 is 0.974 bits per heavy atom. The number of anilines is 1. The van der Waals surface area contributed by atoms with Gasteiger partial charge >= 0.3 is 6.18 Å². The zero-order chi connectivity index (χ0) is 27.3. The average molecular weight is 531 g/mol. The number of hydrogen-bond donors (Lipinski definition) is 2. The molecule has 0 bridgehead atoms.